The summed E-state index contributed by atoms with van der Waals surface area (Å²) in [7, 11) is 0. The summed E-state index contributed by atoms with van der Waals surface area (Å²) in [6.45, 7) is 0. The van der Waals surface area contributed by atoms with Gasteiger partial charge in [0.15, 0.2) is 0 Å². The van der Waals surface area contributed by atoms with E-state index in [9.17, 15) is 23.3 Å². The number of imidazole rings is 1. The molecule has 29 heavy (non-hydrogen) atoms. The monoisotopic (exact) mass is 400 g/mol. The Kier molecular flexibility index (Phi) is 4.34. The molecular formula is C18H11F3N6O2. The van der Waals surface area contributed by atoms with Crippen LogP contribution < -0.4 is 5.32 Å². The summed E-state index contributed by atoms with van der Waals surface area (Å²) in [4.78, 5) is 23.1. The lowest BCUT2D eigenvalue weighted by atomic mass is 10.2. The number of hydrogen-bond donors (Lipinski definition) is 1. The SMILES string of the molecule is O=[N+]([O-])c1c(Nc2cccc(C(F)(F)F)c2)ncnc1-n1cnc2ccccc21. The van der Waals surface area contributed by atoms with Gasteiger partial charge in [-0.25, -0.2) is 15.0 Å². The normalized spacial score (nSPS) is 11.6. The van der Waals surface area contributed by atoms with E-state index in [2.05, 4.69) is 20.3 Å². The Morgan fingerprint density at radius 1 is 1.03 bits per heavy atom. The number of halogens is 3. The first-order chi connectivity index (χ1) is 13.8. The molecule has 4 aromatic rings. The summed E-state index contributed by atoms with van der Waals surface area (Å²) >= 11 is 0. The third kappa shape index (κ3) is 3.45. The number of fused-ring (bicyclic) bond motifs is 1. The zero-order valence-corrected chi connectivity index (χ0v) is 14.5. The Bertz CT molecular complexity index is 1220. The van der Waals surface area contributed by atoms with Crippen LogP contribution in [0.4, 0.5) is 30.4 Å². The molecule has 0 fully saturated rings. The predicted octanol–water partition coefficient (Wildman–Crippen LogP) is 4.49. The molecule has 0 aliphatic rings. The Morgan fingerprint density at radius 2 is 1.83 bits per heavy atom. The van der Waals surface area contributed by atoms with E-state index >= 15 is 0 Å². The molecule has 2 aromatic carbocycles. The second kappa shape index (κ2) is 6.86. The van der Waals surface area contributed by atoms with E-state index in [1.807, 2.05) is 0 Å². The Hall–Kier alpha value is -4.02. The van der Waals surface area contributed by atoms with Gasteiger partial charge >= 0.3 is 11.9 Å². The highest BCUT2D eigenvalue weighted by atomic mass is 19.4. The van der Waals surface area contributed by atoms with Gasteiger partial charge in [-0.3, -0.25) is 14.7 Å². The van der Waals surface area contributed by atoms with Crippen LogP contribution in [-0.4, -0.2) is 24.4 Å². The molecule has 8 nitrogen and oxygen atoms in total. The number of aromatic nitrogens is 4. The summed E-state index contributed by atoms with van der Waals surface area (Å²) in [5.41, 5.74) is -0.191. The van der Waals surface area contributed by atoms with Crippen molar-refractivity contribution >= 4 is 28.2 Å². The van der Waals surface area contributed by atoms with Crippen molar-refractivity contribution in [3.8, 4) is 5.82 Å². The van der Waals surface area contributed by atoms with Gasteiger partial charge in [0, 0.05) is 5.69 Å². The van der Waals surface area contributed by atoms with Crippen LogP contribution in [0.3, 0.4) is 0 Å². The molecule has 0 saturated carbocycles. The van der Waals surface area contributed by atoms with E-state index in [1.54, 1.807) is 24.3 Å². The number of nitro groups is 1. The second-order valence-corrected chi connectivity index (χ2v) is 5.96. The van der Waals surface area contributed by atoms with E-state index in [0.717, 1.165) is 18.5 Å². The fraction of sp³-hybridized carbons (Fsp3) is 0.0556. The predicted molar refractivity (Wildman–Crippen MR) is 98.0 cm³/mol. The third-order valence-corrected chi connectivity index (χ3v) is 4.12. The van der Waals surface area contributed by atoms with Gasteiger partial charge in [-0.2, -0.15) is 13.2 Å². The van der Waals surface area contributed by atoms with Crippen LogP contribution in [-0.2, 0) is 6.18 Å². The van der Waals surface area contributed by atoms with Crippen LogP contribution in [0.15, 0.2) is 61.2 Å². The molecule has 0 spiro atoms. The topological polar surface area (TPSA) is 98.8 Å². The first-order valence-electron chi connectivity index (χ1n) is 8.21. The standard InChI is InChI=1S/C18H11F3N6O2/c19-18(20,21)11-4-3-5-12(8-11)25-16-15(27(28)29)17(23-9-22-16)26-10-24-13-6-1-2-7-14(13)26/h1-10H,(H,22,23,25). The second-order valence-electron chi connectivity index (χ2n) is 5.96. The number of benzene rings is 2. The van der Waals surface area contributed by atoms with Crippen molar-refractivity contribution in [3.63, 3.8) is 0 Å². The van der Waals surface area contributed by atoms with Gasteiger partial charge < -0.3 is 5.32 Å². The van der Waals surface area contributed by atoms with Crippen LogP contribution in [0.5, 0.6) is 0 Å². The van der Waals surface area contributed by atoms with Crippen LogP contribution in [0.2, 0.25) is 0 Å². The zero-order chi connectivity index (χ0) is 20.6. The maximum Gasteiger partial charge on any atom is 0.416 e. The van der Waals surface area contributed by atoms with E-state index in [1.165, 1.54) is 23.0 Å². The van der Waals surface area contributed by atoms with E-state index in [0.29, 0.717) is 11.0 Å². The minimum Gasteiger partial charge on any atom is -0.334 e. The molecule has 146 valence electrons. The van der Waals surface area contributed by atoms with Crippen molar-refractivity contribution < 1.29 is 18.1 Å². The average molecular weight is 400 g/mol. The van der Waals surface area contributed by atoms with Crippen molar-refractivity contribution in [2.75, 3.05) is 5.32 Å². The molecule has 4 rings (SSSR count). The summed E-state index contributed by atoms with van der Waals surface area (Å²) in [5, 5.41) is 14.4. The molecule has 0 aliphatic carbocycles. The number of hydrogen-bond acceptors (Lipinski definition) is 6. The molecule has 2 heterocycles. The molecule has 0 atom stereocenters. The fourth-order valence-corrected chi connectivity index (χ4v) is 2.84. The lowest BCUT2D eigenvalue weighted by molar-refractivity contribution is -0.384. The number of alkyl halides is 3. The van der Waals surface area contributed by atoms with Gasteiger partial charge in [-0.05, 0) is 30.3 Å². The van der Waals surface area contributed by atoms with Gasteiger partial charge in [0.05, 0.1) is 21.5 Å². The minimum atomic E-state index is -4.55. The molecular weight excluding hydrogens is 389 g/mol. The van der Waals surface area contributed by atoms with Crippen molar-refractivity contribution in [3.05, 3.63) is 76.9 Å². The largest absolute Gasteiger partial charge is 0.416 e. The smallest absolute Gasteiger partial charge is 0.334 e. The van der Waals surface area contributed by atoms with Crippen molar-refractivity contribution in [2.45, 2.75) is 6.18 Å². The minimum absolute atomic E-state index is 0.00284. The number of nitrogens with zero attached hydrogens (tertiary/aromatic N) is 5. The number of anilines is 2. The average Bonchev–Trinajstić information content (AvgIpc) is 3.11. The van der Waals surface area contributed by atoms with Crippen molar-refractivity contribution in [1.82, 2.24) is 19.5 Å². The van der Waals surface area contributed by atoms with Crippen LogP contribution in [0.1, 0.15) is 5.56 Å². The first kappa shape index (κ1) is 18.3. The van der Waals surface area contributed by atoms with Gasteiger partial charge in [0.1, 0.15) is 12.7 Å². The first-order valence-corrected chi connectivity index (χ1v) is 8.21. The number of nitrogens with one attached hydrogen (secondary N) is 1. The molecule has 0 saturated heterocycles. The van der Waals surface area contributed by atoms with Gasteiger partial charge in [0.2, 0.25) is 11.6 Å². The molecule has 0 bridgehead atoms. The number of para-hydroxylation sites is 2. The molecule has 1 N–H and O–H groups in total. The molecule has 0 amide bonds. The summed E-state index contributed by atoms with van der Waals surface area (Å²) < 4.78 is 40.2. The molecule has 0 radical (unpaired) electrons. The molecule has 0 unspecified atom stereocenters. The van der Waals surface area contributed by atoms with E-state index < -0.39 is 22.4 Å². The molecule has 0 aliphatic heterocycles. The quantitative estimate of drug-likeness (QED) is 0.400. The fourth-order valence-electron chi connectivity index (χ4n) is 2.84. The Labute approximate surface area is 160 Å². The van der Waals surface area contributed by atoms with Gasteiger partial charge in [-0.15, -0.1) is 0 Å². The maximum absolute atomic E-state index is 12.9. The third-order valence-electron chi connectivity index (χ3n) is 4.12. The van der Waals surface area contributed by atoms with Gasteiger partial charge in [-0.1, -0.05) is 18.2 Å². The number of rotatable bonds is 4. The van der Waals surface area contributed by atoms with Crippen LogP contribution in [0, 0.1) is 10.1 Å². The van der Waals surface area contributed by atoms with Crippen LogP contribution >= 0.6 is 0 Å². The maximum atomic E-state index is 12.9. The Balaban J connectivity index is 1.82. The van der Waals surface area contributed by atoms with Crippen molar-refractivity contribution in [1.29, 1.82) is 0 Å². The molecule has 11 heteroatoms. The van der Waals surface area contributed by atoms with Crippen LogP contribution in [0.25, 0.3) is 16.9 Å². The highest BCUT2D eigenvalue weighted by Crippen LogP contribution is 2.34. The van der Waals surface area contributed by atoms with E-state index in [4.69, 9.17) is 0 Å². The highest BCUT2D eigenvalue weighted by Gasteiger charge is 2.31. The lowest BCUT2D eigenvalue weighted by Gasteiger charge is -2.11. The summed E-state index contributed by atoms with van der Waals surface area (Å²) in [6.07, 6.45) is -2.07. The zero-order valence-electron chi connectivity index (χ0n) is 14.5. The van der Waals surface area contributed by atoms with E-state index in [-0.39, 0.29) is 17.3 Å². The van der Waals surface area contributed by atoms with Gasteiger partial charge in [0.25, 0.3) is 0 Å². The summed E-state index contributed by atoms with van der Waals surface area (Å²) in [6, 6.07) is 11.3. The highest BCUT2D eigenvalue weighted by molar-refractivity contribution is 5.79. The molecule has 2 aromatic heterocycles. The Morgan fingerprint density at radius 3 is 2.59 bits per heavy atom. The van der Waals surface area contributed by atoms with Crippen molar-refractivity contribution in [2.24, 2.45) is 0 Å². The summed E-state index contributed by atoms with van der Waals surface area (Å²) in [5.74, 6) is -0.301. The lowest BCUT2D eigenvalue weighted by Crippen LogP contribution is -2.08.